The van der Waals surface area contributed by atoms with Gasteiger partial charge in [0.1, 0.15) is 5.82 Å². The minimum atomic E-state index is -0.304. The third kappa shape index (κ3) is 5.27. The second kappa shape index (κ2) is 8.70. The van der Waals surface area contributed by atoms with E-state index in [9.17, 15) is 9.18 Å². The summed E-state index contributed by atoms with van der Waals surface area (Å²) in [6.07, 6.45) is 2.32. The number of benzene rings is 1. The summed E-state index contributed by atoms with van der Waals surface area (Å²) in [5.74, 6) is -0.304. The first-order valence-corrected chi connectivity index (χ1v) is 7.58. The molecule has 0 aliphatic carbocycles. The van der Waals surface area contributed by atoms with Crippen LogP contribution in [0.3, 0.4) is 0 Å². The Balaban J connectivity index is 1.61. The molecule has 5 nitrogen and oxygen atoms in total. The Bertz CT molecular complexity index is 478. The van der Waals surface area contributed by atoms with E-state index in [1.807, 2.05) is 0 Å². The molecule has 2 rings (SSSR count). The van der Waals surface area contributed by atoms with E-state index in [-0.39, 0.29) is 24.5 Å². The molecule has 2 amide bonds. The summed E-state index contributed by atoms with van der Waals surface area (Å²) in [4.78, 5) is 13.3. The minimum Gasteiger partial charge on any atom is -0.377 e. The molecule has 0 aromatic heterocycles. The number of hydrogen-bond donors (Lipinski definition) is 1. The van der Waals surface area contributed by atoms with Crippen LogP contribution in [0.25, 0.3) is 0 Å². The maximum atomic E-state index is 13.5. The monoisotopic (exact) mass is 310 g/mol. The Labute approximate surface area is 130 Å². The number of nitrogens with zero attached hydrogens (tertiary/aromatic N) is 1. The zero-order valence-corrected chi connectivity index (χ0v) is 12.9. The summed E-state index contributed by atoms with van der Waals surface area (Å²) in [5.41, 5.74) is 0.495. The van der Waals surface area contributed by atoms with Gasteiger partial charge in [-0.05, 0) is 18.9 Å². The van der Waals surface area contributed by atoms with Crippen molar-refractivity contribution in [2.24, 2.45) is 0 Å². The van der Waals surface area contributed by atoms with Gasteiger partial charge >= 0.3 is 6.03 Å². The first-order valence-electron chi connectivity index (χ1n) is 7.58. The van der Waals surface area contributed by atoms with E-state index in [2.05, 4.69) is 5.32 Å². The van der Waals surface area contributed by atoms with Gasteiger partial charge in [0, 0.05) is 32.3 Å². The molecule has 0 bridgehead atoms. The summed E-state index contributed by atoms with van der Waals surface area (Å²) < 4.78 is 24.4. The second-order valence-corrected chi connectivity index (χ2v) is 5.39. The molecule has 1 N–H and O–H groups in total. The number of carbonyl (C=O) groups is 1. The highest BCUT2D eigenvalue weighted by atomic mass is 19.1. The SMILES string of the molecule is CN(Cc1ccccc1F)C(=O)NCCOC[C@@H]1CCCO1. The molecule has 1 saturated heterocycles. The molecule has 22 heavy (non-hydrogen) atoms. The maximum absolute atomic E-state index is 13.5. The molecule has 1 aromatic rings. The lowest BCUT2D eigenvalue weighted by atomic mass is 10.2. The van der Waals surface area contributed by atoms with Gasteiger partial charge in [-0.3, -0.25) is 0 Å². The van der Waals surface area contributed by atoms with Crippen LogP contribution < -0.4 is 5.32 Å². The molecule has 0 unspecified atom stereocenters. The standard InChI is InChI=1S/C16H23FN2O3/c1-19(11-13-5-2-3-7-15(13)17)16(20)18-8-10-21-12-14-6-4-9-22-14/h2-3,5,7,14H,4,6,8-12H2,1H3,(H,18,20)/t14-/m0/s1. The number of halogens is 1. The van der Waals surface area contributed by atoms with Crippen LogP contribution in [0, 0.1) is 5.82 Å². The lowest BCUT2D eigenvalue weighted by Crippen LogP contribution is -2.38. The minimum absolute atomic E-state index is 0.194. The van der Waals surface area contributed by atoms with Crippen molar-refractivity contribution in [2.45, 2.75) is 25.5 Å². The Morgan fingerprint density at radius 1 is 1.50 bits per heavy atom. The van der Waals surface area contributed by atoms with Crippen molar-refractivity contribution >= 4 is 6.03 Å². The number of ether oxygens (including phenoxy) is 2. The largest absolute Gasteiger partial charge is 0.377 e. The van der Waals surface area contributed by atoms with Gasteiger partial charge in [0.15, 0.2) is 0 Å². The predicted molar refractivity (Wildman–Crippen MR) is 81.1 cm³/mol. The fourth-order valence-corrected chi connectivity index (χ4v) is 2.31. The summed E-state index contributed by atoms with van der Waals surface area (Å²) in [7, 11) is 1.63. The van der Waals surface area contributed by atoms with Crippen molar-refractivity contribution in [1.29, 1.82) is 0 Å². The van der Waals surface area contributed by atoms with Crippen molar-refractivity contribution in [1.82, 2.24) is 10.2 Å². The fourth-order valence-electron chi connectivity index (χ4n) is 2.31. The number of hydrogen-bond acceptors (Lipinski definition) is 3. The molecule has 0 saturated carbocycles. The first-order chi connectivity index (χ1) is 10.7. The molecule has 0 radical (unpaired) electrons. The molecule has 122 valence electrons. The van der Waals surface area contributed by atoms with Crippen LogP contribution in [0.1, 0.15) is 18.4 Å². The summed E-state index contributed by atoms with van der Waals surface area (Å²) in [6.45, 7) is 2.48. The molecular weight excluding hydrogens is 287 g/mol. The Hall–Kier alpha value is -1.66. The van der Waals surface area contributed by atoms with Crippen LogP contribution in [-0.4, -0.2) is 50.4 Å². The van der Waals surface area contributed by atoms with E-state index in [0.29, 0.717) is 25.3 Å². The van der Waals surface area contributed by atoms with Crippen molar-refractivity contribution in [2.75, 3.05) is 33.4 Å². The average molecular weight is 310 g/mol. The molecular formula is C16H23FN2O3. The van der Waals surface area contributed by atoms with E-state index in [0.717, 1.165) is 19.4 Å². The van der Waals surface area contributed by atoms with Gasteiger partial charge in [0.25, 0.3) is 0 Å². The van der Waals surface area contributed by atoms with E-state index in [1.165, 1.54) is 11.0 Å². The lowest BCUT2D eigenvalue weighted by molar-refractivity contribution is 0.0186. The van der Waals surface area contributed by atoms with Crippen LogP contribution in [0.15, 0.2) is 24.3 Å². The normalized spacial score (nSPS) is 17.5. The van der Waals surface area contributed by atoms with Gasteiger partial charge in [-0.1, -0.05) is 18.2 Å². The molecule has 1 fully saturated rings. The zero-order valence-electron chi connectivity index (χ0n) is 12.9. The third-order valence-electron chi connectivity index (χ3n) is 3.56. The molecule has 1 aromatic carbocycles. The molecule has 1 atom stereocenters. The van der Waals surface area contributed by atoms with Gasteiger partial charge in [-0.2, -0.15) is 0 Å². The third-order valence-corrected chi connectivity index (χ3v) is 3.56. The van der Waals surface area contributed by atoms with Crippen LogP contribution >= 0.6 is 0 Å². The molecule has 0 spiro atoms. The average Bonchev–Trinajstić information content (AvgIpc) is 3.02. The van der Waals surface area contributed by atoms with Crippen LogP contribution in [0.5, 0.6) is 0 Å². The molecule has 6 heteroatoms. The van der Waals surface area contributed by atoms with Crippen molar-refractivity contribution < 1.29 is 18.7 Å². The molecule has 1 aliphatic rings. The van der Waals surface area contributed by atoms with Crippen LogP contribution in [0.2, 0.25) is 0 Å². The Morgan fingerprint density at radius 3 is 3.05 bits per heavy atom. The number of carbonyl (C=O) groups excluding carboxylic acids is 1. The number of nitrogens with one attached hydrogen (secondary N) is 1. The van der Waals surface area contributed by atoms with Gasteiger partial charge < -0.3 is 19.7 Å². The Morgan fingerprint density at radius 2 is 2.32 bits per heavy atom. The second-order valence-electron chi connectivity index (χ2n) is 5.39. The van der Waals surface area contributed by atoms with Crippen molar-refractivity contribution in [3.05, 3.63) is 35.6 Å². The lowest BCUT2D eigenvalue weighted by Gasteiger charge is -2.18. The van der Waals surface area contributed by atoms with E-state index >= 15 is 0 Å². The van der Waals surface area contributed by atoms with E-state index in [4.69, 9.17) is 9.47 Å². The van der Waals surface area contributed by atoms with E-state index in [1.54, 1.807) is 25.2 Å². The topological polar surface area (TPSA) is 50.8 Å². The highest BCUT2D eigenvalue weighted by molar-refractivity contribution is 5.73. The van der Waals surface area contributed by atoms with Gasteiger partial charge in [0.2, 0.25) is 0 Å². The summed E-state index contributed by atoms with van der Waals surface area (Å²) in [5, 5.41) is 2.75. The Kier molecular flexibility index (Phi) is 6.61. The number of amides is 2. The zero-order chi connectivity index (χ0) is 15.8. The molecule has 1 heterocycles. The quantitative estimate of drug-likeness (QED) is 0.785. The fraction of sp³-hybridized carbons (Fsp3) is 0.562. The summed E-state index contributed by atoms with van der Waals surface area (Å²) in [6, 6.07) is 6.20. The van der Waals surface area contributed by atoms with Crippen LogP contribution in [0.4, 0.5) is 9.18 Å². The van der Waals surface area contributed by atoms with Crippen molar-refractivity contribution in [3.8, 4) is 0 Å². The van der Waals surface area contributed by atoms with E-state index < -0.39 is 0 Å². The highest BCUT2D eigenvalue weighted by Gasteiger charge is 2.15. The maximum Gasteiger partial charge on any atom is 0.317 e. The van der Waals surface area contributed by atoms with Gasteiger partial charge in [0.05, 0.1) is 19.3 Å². The smallest absolute Gasteiger partial charge is 0.317 e. The highest BCUT2D eigenvalue weighted by Crippen LogP contribution is 2.11. The van der Waals surface area contributed by atoms with Gasteiger partial charge in [-0.25, -0.2) is 9.18 Å². The molecule has 1 aliphatic heterocycles. The number of urea groups is 1. The first kappa shape index (κ1) is 16.7. The van der Waals surface area contributed by atoms with Gasteiger partial charge in [-0.15, -0.1) is 0 Å². The number of rotatable bonds is 7. The van der Waals surface area contributed by atoms with Crippen LogP contribution in [-0.2, 0) is 16.0 Å². The van der Waals surface area contributed by atoms with Crippen molar-refractivity contribution in [3.63, 3.8) is 0 Å². The summed E-state index contributed by atoms with van der Waals surface area (Å²) >= 11 is 0. The predicted octanol–water partition coefficient (Wildman–Crippen LogP) is 2.16.